The Hall–Kier alpha value is -1.18. The predicted octanol–water partition coefficient (Wildman–Crippen LogP) is 3.70. The quantitative estimate of drug-likeness (QED) is 0.449. The van der Waals surface area contributed by atoms with Crippen molar-refractivity contribution in [3.8, 4) is 0 Å². The number of allylic oxidation sites excluding steroid dienone is 2. The van der Waals surface area contributed by atoms with Crippen molar-refractivity contribution in [2.75, 3.05) is 0 Å². The van der Waals surface area contributed by atoms with E-state index in [0.29, 0.717) is 5.92 Å². The first-order valence-corrected chi connectivity index (χ1v) is 5.35. The van der Waals surface area contributed by atoms with Crippen molar-refractivity contribution in [3.05, 3.63) is 25.3 Å². The number of hydrogen-bond donors (Lipinski definition) is 2. The van der Waals surface area contributed by atoms with Crippen molar-refractivity contribution in [1.82, 2.24) is 0 Å². The van der Waals surface area contributed by atoms with Gasteiger partial charge < -0.3 is 10.8 Å². The van der Waals surface area contributed by atoms with Gasteiger partial charge in [-0.15, -0.1) is 13.2 Å². The lowest BCUT2D eigenvalue weighted by Crippen LogP contribution is -2.34. The highest BCUT2D eigenvalue weighted by Crippen LogP contribution is 2.34. The van der Waals surface area contributed by atoms with Gasteiger partial charge in [-0.25, -0.2) is 0 Å². The highest BCUT2D eigenvalue weighted by molar-refractivity contribution is 5.89. The van der Waals surface area contributed by atoms with Gasteiger partial charge in [-0.05, 0) is 24.7 Å². The smallest absolute Gasteiger partial charge is 0.0602 e. The van der Waals surface area contributed by atoms with Crippen molar-refractivity contribution in [1.29, 1.82) is 10.8 Å². The molecule has 0 spiro atoms. The summed E-state index contributed by atoms with van der Waals surface area (Å²) in [5, 5.41) is 15.0. The van der Waals surface area contributed by atoms with Gasteiger partial charge in [0.2, 0.25) is 0 Å². The third-order valence-electron chi connectivity index (χ3n) is 2.98. The lowest BCUT2D eigenvalue weighted by molar-refractivity contribution is 0.293. The highest BCUT2D eigenvalue weighted by Gasteiger charge is 2.33. The molecule has 2 heteroatoms. The molecule has 0 aliphatic carbocycles. The van der Waals surface area contributed by atoms with Crippen LogP contribution < -0.4 is 0 Å². The summed E-state index contributed by atoms with van der Waals surface area (Å²) in [6, 6.07) is 0. The maximum Gasteiger partial charge on any atom is 0.0602 e. The maximum absolute atomic E-state index is 7.49. The van der Waals surface area contributed by atoms with Gasteiger partial charge in [0.25, 0.3) is 0 Å². The Balaban J connectivity index is 4.98. The minimum atomic E-state index is -0.586. The van der Waals surface area contributed by atoms with Crippen molar-refractivity contribution in [3.63, 3.8) is 0 Å². The van der Waals surface area contributed by atoms with E-state index in [-0.39, 0.29) is 5.92 Å². The third-order valence-corrected chi connectivity index (χ3v) is 2.98. The van der Waals surface area contributed by atoms with Crippen molar-refractivity contribution < 1.29 is 0 Å². The molecule has 0 heterocycles. The van der Waals surface area contributed by atoms with Crippen molar-refractivity contribution >= 4 is 12.4 Å². The molecule has 0 saturated heterocycles. The Kier molecular flexibility index (Phi) is 5.83. The molecular formula is C13H22N2. The van der Waals surface area contributed by atoms with Crippen LogP contribution in [0.3, 0.4) is 0 Å². The van der Waals surface area contributed by atoms with E-state index in [1.165, 1.54) is 12.4 Å². The summed E-state index contributed by atoms with van der Waals surface area (Å²) in [7, 11) is 0. The Morgan fingerprint density at radius 2 is 1.73 bits per heavy atom. The standard InChI is InChI=1S/C13H22N2/c1-5-7-8-12(11(3)4)13(6-2,9-14)10-15/h5-6,9-12,14-15H,1-2,7-8H2,3-4H3/t12-,13?/m0/s1. The summed E-state index contributed by atoms with van der Waals surface area (Å²) in [4.78, 5) is 0. The molecule has 0 aromatic rings. The van der Waals surface area contributed by atoms with E-state index in [9.17, 15) is 0 Å². The first kappa shape index (κ1) is 13.8. The Morgan fingerprint density at radius 3 is 2.00 bits per heavy atom. The van der Waals surface area contributed by atoms with Gasteiger partial charge in [0.05, 0.1) is 5.41 Å². The lowest BCUT2D eigenvalue weighted by atomic mass is 9.69. The number of nitrogens with one attached hydrogen (secondary N) is 2. The van der Waals surface area contributed by atoms with Gasteiger partial charge in [-0.2, -0.15) is 0 Å². The second-order valence-corrected chi connectivity index (χ2v) is 4.21. The molecule has 84 valence electrons. The van der Waals surface area contributed by atoms with Crippen LogP contribution in [0.5, 0.6) is 0 Å². The molecule has 0 aromatic heterocycles. The fraction of sp³-hybridized carbons (Fsp3) is 0.538. The SMILES string of the molecule is C=CCC[C@@H](C(C)C)C(C=C)(C=N)C=N. The van der Waals surface area contributed by atoms with E-state index < -0.39 is 5.41 Å². The first-order valence-electron chi connectivity index (χ1n) is 5.35. The average molecular weight is 206 g/mol. The van der Waals surface area contributed by atoms with Crippen molar-refractivity contribution in [2.24, 2.45) is 17.3 Å². The highest BCUT2D eigenvalue weighted by atomic mass is 14.5. The minimum Gasteiger partial charge on any atom is -0.312 e. The van der Waals surface area contributed by atoms with E-state index in [4.69, 9.17) is 10.8 Å². The van der Waals surface area contributed by atoms with Crippen LogP contribution in [-0.4, -0.2) is 12.4 Å². The zero-order valence-corrected chi connectivity index (χ0v) is 9.79. The van der Waals surface area contributed by atoms with Crippen LogP contribution in [0.15, 0.2) is 25.3 Å². The molecule has 0 rings (SSSR count). The van der Waals surface area contributed by atoms with Crippen LogP contribution in [0.4, 0.5) is 0 Å². The molecule has 2 N–H and O–H groups in total. The van der Waals surface area contributed by atoms with E-state index in [1.807, 2.05) is 6.08 Å². The molecule has 2 nitrogen and oxygen atoms in total. The van der Waals surface area contributed by atoms with Crippen LogP contribution in [0, 0.1) is 28.1 Å². The summed E-state index contributed by atoms with van der Waals surface area (Å²) in [5.74, 6) is 0.675. The fourth-order valence-corrected chi connectivity index (χ4v) is 1.98. The number of hydrogen-bond acceptors (Lipinski definition) is 2. The monoisotopic (exact) mass is 206 g/mol. The zero-order valence-electron chi connectivity index (χ0n) is 9.79. The van der Waals surface area contributed by atoms with Gasteiger partial charge in [0.15, 0.2) is 0 Å². The Bertz CT molecular complexity index is 219. The molecule has 15 heavy (non-hydrogen) atoms. The normalized spacial score (nSPS) is 16.5. The molecule has 0 aliphatic rings. The van der Waals surface area contributed by atoms with Gasteiger partial charge in [0.1, 0.15) is 0 Å². The summed E-state index contributed by atoms with van der Waals surface area (Å²) in [6.45, 7) is 11.7. The van der Waals surface area contributed by atoms with Crippen LogP contribution in [-0.2, 0) is 0 Å². The summed E-state index contributed by atoms with van der Waals surface area (Å²) < 4.78 is 0. The van der Waals surface area contributed by atoms with Gasteiger partial charge >= 0.3 is 0 Å². The van der Waals surface area contributed by atoms with E-state index in [1.54, 1.807) is 6.08 Å². The molecule has 0 aromatic carbocycles. The second-order valence-electron chi connectivity index (χ2n) is 4.21. The topological polar surface area (TPSA) is 47.7 Å². The molecule has 0 saturated carbocycles. The lowest BCUT2D eigenvalue weighted by Gasteiger charge is -2.34. The van der Waals surface area contributed by atoms with E-state index in [2.05, 4.69) is 27.0 Å². The summed E-state index contributed by atoms with van der Waals surface area (Å²) in [6.07, 6.45) is 8.12. The predicted molar refractivity (Wildman–Crippen MR) is 68.0 cm³/mol. The molecule has 0 radical (unpaired) electrons. The summed E-state index contributed by atoms with van der Waals surface area (Å²) >= 11 is 0. The maximum atomic E-state index is 7.49. The molecule has 0 amide bonds. The van der Waals surface area contributed by atoms with E-state index >= 15 is 0 Å². The van der Waals surface area contributed by atoms with Gasteiger partial charge in [0, 0.05) is 12.4 Å². The largest absolute Gasteiger partial charge is 0.312 e. The third kappa shape index (κ3) is 3.15. The van der Waals surface area contributed by atoms with Crippen LogP contribution in [0.1, 0.15) is 26.7 Å². The Morgan fingerprint density at radius 1 is 1.20 bits per heavy atom. The van der Waals surface area contributed by atoms with Gasteiger partial charge in [-0.1, -0.05) is 26.0 Å². The molecule has 0 fully saturated rings. The van der Waals surface area contributed by atoms with Crippen LogP contribution in [0.25, 0.3) is 0 Å². The van der Waals surface area contributed by atoms with Crippen LogP contribution >= 0.6 is 0 Å². The molecular weight excluding hydrogens is 184 g/mol. The van der Waals surface area contributed by atoms with Crippen molar-refractivity contribution in [2.45, 2.75) is 26.7 Å². The fourth-order valence-electron chi connectivity index (χ4n) is 1.98. The van der Waals surface area contributed by atoms with E-state index in [0.717, 1.165) is 12.8 Å². The molecule has 0 bridgehead atoms. The average Bonchev–Trinajstić information content (AvgIpc) is 2.24. The minimum absolute atomic E-state index is 0.253. The molecule has 0 aliphatic heterocycles. The molecule has 1 atom stereocenters. The Labute approximate surface area is 93.1 Å². The summed E-state index contributed by atoms with van der Waals surface area (Å²) in [5.41, 5.74) is -0.586. The molecule has 0 unspecified atom stereocenters. The first-order chi connectivity index (χ1) is 7.07. The second kappa shape index (κ2) is 6.33. The number of rotatable bonds is 8. The van der Waals surface area contributed by atoms with Gasteiger partial charge in [-0.3, -0.25) is 0 Å². The van der Waals surface area contributed by atoms with Crippen LogP contribution in [0.2, 0.25) is 0 Å². The zero-order chi connectivity index (χ0) is 11.9.